The maximum Gasteiger partial charge on any atom is 0.346 e. The lowest BCUT2D eigenvalue weighted by Gasteiger charge is -2.02. The molecule has 2 aromatic heterocycles. The SMILES string of the molecule is COc1ccc(C(=O)Nc2nnc(-c3cc4ccc(O)cc4oc3=O)s2)cc1. The van der Waals surface area contributed by atoms with Gasteiger partial charge in [-0.05, 0) is 42.5 Å². The first-order valence-electron chi connectivity index (χ1n) is 8.09. The van der Waals surface area contributed by atoms with Gasteiger partial charge in [0.15, 0.2) is 5.01 Å². The monoisotopic (exact) mass is 395 g/mol. The molecule has 2 aromatic carbocycles. The summed E-state index contributed by atoms with van der Waals surface area (Å²) in [7, 11) is 1.55. The molecule has 0 unspecified atom stereocenters. The molecule has 0 bridgehead atoms. The van der Waals surface area contributed by atoms with E-state index in [1.54, 1.807) is 43.5 Å². The zero-order chi connectivity index (χ0) is 19.7. The first kappa shape index (κ1) is 17.7. The second-order valence-electron chi connectivity index (χ2n) is 5.76. The summed E-state index contributed by atoms with van der Waals surface area (Å²) < 4.78 is 10.3. The van der Waals surface area contributed by atoms with Crippen molar-refractivity contribution in [3.63, 3.8) is 0 Å². The lowest BCUT2D eigenvalue weighted by molar-refractivity contribution is 0.102. The Labute approximate surface area is 162 Å². The Bertz CT molecular complexity index is 1230. The fourth-order valence-electron chi connectivity index (χ4n) is 2.54. The molecule has 0 aliphatic heterocycles. The van der Waals surface area contributed by atoms with E-state index in [1.165, 1.54) is 12.1 Å². The number of hydrogen-bond donors (Lipinski definition) is 2. The smallest absolute Gasteiger partial charge is 0.346 e. The lowest BCUT2D eigenvalue weighted by atomic mass is 10.2. The van der Waals surface area contributed by atoms with Gasteiger partial charge in [0.1, 0.15) is 17.1 Å². The highest BCUT2D eigenvalue weighted by Gasteiger charge is 2.15. The van der Waals surface area contributed by atoms with E-state index in [-0.39, 0.29) is 27.9 Å². The van der Waals surface area contributed by atoms with Crippen LogP contribution in [0.25, 0.3) is 21.5 Å². The molecule has 140 valence electrons. The molecule has 2 N–H and O–H groups in total. The molecule has 9 heteroatoms. The molecule has 0 spiro atoms. The zero-order valence-electron chi connectivity index (χ0n) is 14.5. The number of benzene rings is 2. The number of phenols is 1. The molecule has 0 saturated carbocycles. The van der Waals surface area contributed by atoms with E-state index >= 15 is 0 Å². The van der Waals surface area contributed by atoms with Crippen LogP contribution in [0, 0.1) is 0 Å². The minimum absolute atomic E-state index is 0.00264. The van der Waals surface area contributed by atoms with Gasteiger partial charge in [-0.25, -0.2) is 4.79 Å². The number of rotatable bonds is 4. The Morgan fingerprint density at radius 3 is 2.68 bits per heavy atom. The van der Waals surface area contributed by atoms with Crippen LogP contribution >= 0.6 is 11.3 Å². The molecule has 0 fully saturated rings. The van der Waals surface area contributed by atoms with Crippen LogP contribution in [-0.2, 0) is 0 Å². The van der Waals surface area contributed by atoms with Gasteiger partial charge in [-0.15, -0.1) is 10.2 Å². The number of fused-ring (bicyclic) bond motifs is 1. The summed E-state index contributed by atoms with van der Waals surface area (Å²) in [4.78, 5) is 24.6. The standard InChI is InChI=1S/C19H13N3O5S/c1-26-13-6-3-10(4-7-13)16(24)20-19-22-21-17(28-19)14-8-11-2-5-12(23)9-15(11)27-18(14)25/h2-9,23H,1H3,(H,20,22,24). The lowest BCUT2D eigenvalue weighted by Crippen LogP contribution is -2.11. The Morgan fingerprint density at radius 1 is 1.14 bits per heavy atom. The van der Waals surface area contributed by atoms with Crippen LogP contribution in [0.5, 0.6) is 11.5 Å². The molecular weight excluding hydrogens is 382 g/mol. The van der Waals surface area contributed by atoms with Crippen molar-refractivity contribution in [3.05, 3.63) is 64.5 Å². The number of amides is 1. The molecule has 0 aliphatic rings. The van der Waals surface area contributed by atoms with E-state index in [9.17, 15) is 14.7 Å². The van der Waals surface area contributed by atoms with Gasteiger partial charge in [0, 0.05) is 17.0 Å². The molecule has 4 rings (SSSR count). The number of ether oxygens (including phenoxy) is 1. The minimum Gasteiger partial charge on any atom is -0.508 e. The molecule has 0 atom stereocenters. The maximum absolute atomic E-state index is 12.3. The number of anilines is 1. The van der Waals surface area contributed by atoms with E-state index in [4.69, 9.17) is 9.15 Å². The summed E-state index contributed by atoms with van der Waals surface area (Å²) >= 11 is 1.05. The first-order chi connectivity index (χ1) is 13.5. The number of carbonyl (C=O) groups excluding carboxylic acids is 1. The Morgan fingerprint density at radius 2 is 1.93 bits per heavy atom. The van der Waals surface area contributed by atoms with E-state index in [0.717, 1.165) is 11.3 Å². The number of aromatic hydroxyl groups is 1. The summed E-state index contributed by atoms with van der Waals surface area (Å²) in [5, 5.41) is 21.2. The predicted molar refractivity (Wildman–Crippen MR) is 104 cm³/mol. The molecule has 0 saturated heterocycles. The van der Waals surface area contributed by atoms with Crippen LogP contribution in [0.3, 0.4) is 0 Å². The fourth-order valence-corrected chi connectivity index (χ4v) is 3.29. The fraction of sp³-hybridized carbons (Fsp3) is 0.0526. The van der Waals surface area contributed by atoms with Crippen molar-refractivity contribution >= 4 is 33.3 Å². The highest BCUT2D eigenvalue weighted by molar-refractivity contribution is 7.18. The van der Waals surface area contributed by atoms with Crippen LogP contribution in [0.15, 0.2) is 57.7 Å². The predicted octanol–water partition coefficient (Wildman–Crippen LogP) is 3.28. The Hall–Kier alpha value is -3.72. The van der Waals surface area contributed by atoms with Crippen molar-refractivity contribution in [2.45, 2.75) is 0 Å². The van der Waals surface area contributed by atoms with Gasteiger partial charge < -0.3 is 14.3 Å². The Balaban J connectivity index is 1.59. The van der Waals surface area contributed by atoms with Crippen molar-refractivity contribution in [2.75, 3.05) is 12.4 Å². The zero-order valence-corrected chi connectivity index (χ0v) is 15.3. The van der Waals surface area contributed by atoms with Gasteiger partial charge >= 0.3 is 5.63 Å². The minimum atomic E-state index is -0.609. The van der Waals surface area contributed by atoms with E-state index in [0.29, 0.717) is 21.7 Å². The average molecular weight is 395 g/mol. The number of phenolic OH excluding ortho intramolecular Hbond substituents is 1. The molecule has 28 heavy (non-hydrogen) atoms. The van der Waals surface area contributed by atoms with Gasteiger partial charge in [-0.1, -0.05) is 11.3 Å². The largest absolute Gasteiger partial charge is 0.508 e. The maximum atomic E-state index is 12.3. The van der Waals surface area contributed by atoms with Gasteiger partial charge in [0.05, 0.1) is 12.7 Å². The van der Waals surface area contributed by atoms with E-state index < -0.39 is 5.63 Å². The quantitative estimate of drug-likeness (QED) is 0.510. The third-order valence-corrected chi connectivity index (χ3v) is 4.82. The average Bonchev–Trinajstić information content (AvgIpc) is 3.15. The normalized spacial score (nSPS) is 10.8. The van der Waals surface area contributed by atoms with E-state index in [1.807, 2.05) is 0 Å². The van der Waals surface area contributed by atoms with Gasteiger partial charge in [0.2, 0.25) is 5.13 Å². The van der Waals surface area contributed by atoms with Crippen LogP contribution in [0.1, 0.15) is 10.4 Å². The van der Waals surface area contributed by atoms with Crippen LogP contribution in [0.2, 0.25) is 0 Å². The van der Waals surface area contributed by atoms with Crippen molar-refractivity contribution in [1.29, 1.82) is 0 Å². The molecule has 0 aliphatic carbocycles. The van der Waals surface area contributed by atoms with Gasteiger partial charge in [-0.3, -0.25) is 10.1 Å². The Kier molecular flexibility index (Phi) is 4.50. The number of hydrogen-bond acceptors (Lipinski definition) is 8. The number of nitrogens with one attached hydrogen (secondary N) is 1. The van der Waals surface area contributed by atoms with Crippen LogP contribution in [0.4, 0.5) is 5.13 Å². The summed E-state index contributed by atoms with van der Waals surface area (Å²) in [6, 6.07) is 12.7. The van der Waals surface area contributed by atoms with Gasteiger partial charge in [-0.2, -0.15) is 0 Å². The number of aromatic nitrogens is 2. The first-order valence-corrected chi connectivity index (χ1v) is 8.91. The van der Waals surface area contributed by atoms with Crippen molar-refractivity contribution in [1.82, 2.24) is 10.2 Å². The number of methoxy groups -OCH3 is 1. The molecule has 4 aromatic rings. The highest BCUT2D eigenvalue weighted by atomic mass is 32.1. The number of carbonyl (C=O) groups is 1. The van der Waals surface area contributed by atoms with Gasteiger partial charge in [0.25, 0.3) is 5.91 Å². The van der Waals surface area contributed by atoms with Crippen LogP contribution < -0.4 is 15.7 Å². The molecule has 2 heterocycles. The molecule has 1 amide bonds. The molecule has 0 radical (unpaired) electrons. The summed E-state index contributed by atoms with van der Waals surface area (Å²) in [6.07, 6.45) is 0. The van der Waals surface area contributed by atoms with Crippen molar-refractivity contribution < 1.29 is 19.1 Å². The summed E-state index contributed by atoms with van der Waals surface area (Å²) in [5.74, 6) is 0.292. The highest BCUT2D eigenvalue weighted by Crippen LogP contribution is 2.28. The second kappa shape index (κ2) is 7.12. The third-order valence-electron chi connectivity index (χ3n) is 3.95. The van der Waals surface area contributed by atoms with Crippen LogP contribution in [-0.4, -0.2) is 28.3 Å². The number of nitrogens with zero attached hydrogens (tertiary/aromatic N) is 2. The topological polar surface area (TPSA) is 115 Å². The van der Waals surface area contributed by atoms with Crippen molar-refractivity contribution in [2.24, 2.45) is 0 Å². The summed E-state index contributed by atoms with van der Waals surface area (Å²) in [5.41, 5.74) is 0.316. The second-order valence-corrected chi connectivity index (χ2v) is 6.74. The van der Waals surface area contributed by atoms with Crippen molar-refractivity contribution in [3.8, 4) is 22.1 Å². The third kappa shape index (κ3) is 3.42. The molecular formula is C19H13N3O5S. The molecule has 8 nitrogen and oxygen atoms in total. The van der Waals surface area contributed by atoms with E-state index in [2.05, 4.69) is 15.5 Å². The summed E-state index contributed by atoms with van der Waals surface area (Å²) in [6.45, 7) is 0.